The van der Waals surface area contributed by atoms with Gasteiger partial charge < -0.3 is 11.1 Å². The first-order chi connectivity index (χ1) is 7.16. The van der Waals surface area contributed by atoms with Gasteiger partial charge in [-0.3, -0.25) is 0 Å². The molecule has 1 aliphatic rings. The zero-order valence-corrected chi connectivity index (χ0v) is 10.4. The van der Waals surface area contributed by atoms with Crippen LogP contribution in [-0.2, 0) is 0 Å². The van der Waals surface area contributed by atoms with Crippen molar-refractivity contribution >= 4 is 27.4 Å². The number of halogens is 1. The molecule has 0 bridgehead atoms. The highest BCUT2D eigenvalue weighted by Gasteiger charge is 2.24. The molecule has 1 heterocycles. The van der Waals surface area contributed by atoms with Gasteiger partial charge >= 0.3 is 0 Å². The maximum atomic E-state index is 5.64. The van der Waals surface area contributed by atoms with Gasteiger partial charge in [0.05, 0.1) is 16.4 Å². The third-order valence-electron chi connectivity index (χ3n) is 3.08. The third-order valence-corrected chi connectivity index (χ3v) is 3.69. The van der Waals surface area contributed by atoms with Crippen molar-refractivity contribution in [2.45, 2.75) is 32.2 Å². The fourth-order valence-electron chi connectivity index (χ4n) is 1.83. The number of nitrogens with two attached hydrogens (primary N) is 1. The van der Waals surface area contributed by atoms with E-state index in [0.29, 0.717) is 11.7 Å². The summed E-state index contributed by atoms with van der Waals surface area (Å²) in [5, 5.41) is 3.43. The average molecular weight is 270 g/mol. The van der Waals surface area contributed by atoms with Gasteiger partial charge in [-0.1, -0.05) is 6.42 Å². The Morgan fingerprint density at radius 1 is 1.60 bits per heavy atom. The molecule has 0 spiro atoms. The molecule has 2 rings (SSSR count). The molecule has 4 heteroatoms. The largest absolute Gasteiger partial charge is 0.397 e. The predicted octanol–water partition coefficient (Wildman–Crippen LogP) is 3.03. The van der Waals surface area contributed by atoms with E-state index in [9.17, 15) is 0 Å². The van der Waals surface area contributed by atoms with Crippen LogP contribution in [0.3, 0.4) is 0 Å². The van der Waals surface area contributed by atoms with Crippen LogP contribution in [0.4, 0.5) is 11.5 Å². The Bertz CT molecular complexity index is 350. The van der Waals surface area contributed by atoms with Gasteiger partial charge in [0, 0.05) is 6.04 Å². The molecule has 0 aromatic carbocycles. The average Bonchev–Trinajstić information content (AvgIpc) is 2.07. The van der Waals surface area contributed by atoms with Gasteiger partial charge in [-0.05, 0) is 47.7 Å². The molecule has 3 nitrogen and oxygen atoms in total. The quantitative estimate of drug-likeness (QED) is 0.887. The van der Waals surface area contributed by atoms with Crippen molar-refractivity contribution in [1.82, 2.24) is 4.98 Å². The van der Waals surface area contributed by atoms with Crippen LogP contribution in [0.2, 0.25) is 0 Å². The van der Waals surface area contributed by atoms with Gasteiger partial charge in [-0.15, -0.1) is 0 Å². The summed E-state index contributed by atoms with van der Waals surface area (Å²) in [7, 11) is 0. The molecule has 1 fully saturated rings. The van der Waals surface area contributed by atoms with Gasteiger partial charge in [0.1, 0.15) is 5.82 Å². The first-order valence-electron chi connectivity index (χ1n) is 5.34. The molecule has 1 aliphatic carbocycles. The number of nitrogen functional groups attached to an aromatic ring is 1. The number of hydrogen-bond donors (Lipinski definition) is 2. The zero-order chi connectivity index (χ0) is 10.8. The molecule has 82 valence electrons. The van der Waals surface area contributed by atoms with Crippen LogP contribution >= 0.6 is 15.9 Å². The molecule has 1 saturated carbocycles. The molecule has 1 aromatic heterocycles. The van der Waals surface area contributed by atoms with Gasteiger partial charge in [-0.2, -0.15) is 0 Å². The summed E-state index contributed by atoms with van der Waals surface area (Å²) in [6.07, 6.45) is 5.72. The van der Waals surface area contributed by atoms with E-state index in [1.54, 1.807) is 6.20 Å². The van der Waals surface area contributed by atoms with Crippen LogP contribution in [0.1, 0.15) is 26.2 Å². The van der Waals surface area contributed by atoms with Gasteiger partial charge in [0.15, 0.2) is 0 Å². The molecule has 1 unspecified atom stereocenters. The summed E-state index contributed by atoms with van der Waals surface area (Å²) in [5.41, 5.74) is 6.32. The van der Waals surface area contributed by atoms with E-state index in [1.807, 2.05) is 6.07 Å². The third kappa shape index (κ3) is 2.43. The number of aromatic nitrogens is 1. The Balaban J connectivity index is 2.03. The van der Waals surface area contributed by atoms with Crippen molar-refractivity contribution in [2.75, 3.05) is 11.1 Å². The van der Waals surface area contributed by atoms with E-state index in [4.69, 9.17) is 5.73 Å². The predicted molar refractivity (Wildman–Crippen MR) is 66.8 cm³/mol. The van der Waals surface area contributed by atoms with Crippen molar-refractivity contribution in [1.29, 1.82) is 0 Å². The van der Waals surface area contributed by atoms with Crippen molar-refractivity contribution in [3.05, 3.63) is 16.7 Å². The first kappa shape index (κ1) is 10.7. The summed E-state index contributed by atoms with van der Waals surface area (Å²) in [6.45, 7) is 2.22. The molecule has 0 radical (unpaired) electrons. The molecule has 0 amide bonds. The van der Waals surface area contributed by atoms with E-state index in [0.717, 1.165) is 16.2 Å². The second kappa shape index (κ2) is 4.39. The lowest BCUT2D eigenvalue weighted by atomic mass is 9.80. The molecular formula is C11H16BrN3. The van der Waals surface area contributed by atoms with E-state index in [-0.39, 0.29) is 0 Å². The van der Waals surface area contributed by atoms with Crippen LogP contribution in [0, 0.1) is 5.92 Å². The Hall–Kier alpha value is -0.770. The van der Waals surface area contributed by atoms with E-state index in [2.05, 4.69) is 33.2 Å². The Morgan fingerprint density at radius 3 is 2.87 bits per heavy atom. The summed E-state index contributed by atoms with van der Waals surface area (Å²) < 4.78 is 0.939. The number of pyridine rings is 1. The second-order valence-electron chi connectivity index (χ2n) is 4.22. The Labute approximate surface area is 98.6 Å². The molecule has 1 atom stereocenters. The summed E-state index contributed by atoms with van der Waals surface area (Å²) in [4.78, 5) is 4.28. The SMILES string of the molecule is CC(Nc1ncc(N)cc1Br)C1CCC1. The van der Waals surface area contributed by atoms with Crippen LogP contribution in [0.5, 0.6) is 0 Å². The number of nitrogens with zero attached hydrogens (tertiary/aromatic N) is 1. The van der Waals surface area contributed by atoms with Crippen molar-refractivity contribution in [3.63, 3.8) is 0 Å². The lowest BCUT2D eigenvalue weighted by molar-refractivity contribution is 0.285. The molecule has 0 aliphatic heterocycles. The number of nitrogens with one attached hydrogen (secondary N) is 1. The van der Waals surface area contributed by atoms with Crippen molar-refractivity contribution < 1.29 is 0 Å². The first-order valence-corrected chi connectivity index (χ1v) is 6.13. The van der Waals surface area contributed by atoms with Crippen LogP contribution < -0.4 is 11.1 Å². The molecule has 15 heavy (non-hydrogen) atoms. The lowest BCUT2D eigenvalue weighted by Gasteiger charge is -2.32. The minimum Gasteiger partial charge on any atom is -0.397 e. The Kier molecular flexibility index (Phi) is 3.14. The van der Waals surface area contributed by atoms with Crippen molar-refractivity contribution in [3.8, 4) is 0 Å². The zero-order valence-electron chi connectivity index (χ0n) is 8.83. The van der Waals surface area contributed by atoms with Gasteiger partial charge in [0.2, 0.25) is 0 Å². The molecule has 0 saturated heterocycles. The summed E-state index contributed by atoms with van der Waals surface area (Å²) >= 11 is 3.46. The smallest absolute Gasteiger partial charge is 0.140 e. The van der Waals surface area contributed by atoms with Crippen LogP contribution in [0.15, 0.2) is 16.7 Å². The van der Waals surface area contributed by atoms with Crippen LogP contribution in [-0.4, -0.2) is 11.0 Å². The highest BCUT2D eigenvalue weighted by Crippen LogP contribution is 2.32. The van der Waals surface area contributed by atoms with E-state index < -0.39 is 0 Å². The normalized spacial score (nSPS) is 18.3. The Morgan fingerprint density at radius 2 is 2.33 bits per heavy atom. The maximum absolute atomic E-state index is 5.64. The van der Waals surface area contributed by atoms with Crippen molar-refractivity contribution in [2.24, 2.45) is 5.92 Å². The molecular weight excluding hydrogens is 254 g/mol. The van der Waals surface area contributed by atoms with Gasteiger partial charge in [-0.25, -0.2) is 4.98 Å². The van der Waals surface area contributed by atoms with E-state index in [1.165, 1.54) is 19.3 Å². The standard InChI is InChI=1S/C11H16BrN3/c1-7(8-3-2-4-8)15-11-10(12)5-9(13)6-14-11/h5-8H,2-4,13H2,1H3,(H,14,15). The monoisotopic (exact) mass is 269 g/mol. The summed E-state index contributed by atoms with van der Waals surface area (Å²) in [6, 6.07) is 2.37. The molecule has 1 aromatic rings. The lowest BCUT2D eigenvalue weighted by Crippen LogP contribution is -2.31. The van der Waals surface area contributed by atoms with E-state index >= 15 is 0 Å². The summed E-state index contributed by atoms with van der Waals surface area (Å²) in [5.74, 6) is 1.69. The fourth-order valence-corrected chi connectivity index (χ4v) is 2.31. The fraction of sp³-hybridized carbons (Fsp3) is 0.545. The number of rotatable bonds is 3. The minimum atomic E-state index is 0.492. The highest BCUT2D eigenvalue weighted by atomic mass is 79.9. The highest BCUT2D eigenvalue weighted by molar-refractivity contribution is 9.10. The minimum absolute atomic E-state index is 0.492. The molecule has 3 N–H and O–H groups in total. The van der Waals surface area contributed by atoms with Gasteiger partial charge in [0.25, 0.3) is 0 Å². The maximum Gasteiger partial charge on any atom is 0.140 e. The topological polar surface area (TPSA) is 50.9 Å². The second-order valence-corrected chi connectivity index (χ2v) is 5.08. The number of hydrogen-bond acceptors (Lipinski definition) is 3. The van der Waals surface area contributed by atoms with Crippen LogP contribution in [0.25, 0.3) is 0 Å². The number of anilines is 2.